The number of hydrogen-bond acceptors (Lipinski definition) is 9. The lowest BCUT2D eigenvalue weighted by Crippen LogP contribution is -2.58. The van der Waals surface area contributed by atoms with E-state index in [9.17, 15) is 24.3 Å². The zero-order valence-electron chi connectivity index (χ0n) is 19.5. The highest BCUT2D eigenvalue weighted by Gasteiger charge is 2.50. The number of aromatic nitrogens is 1. The van der Waals surface area contributed by atoms with Crippen molar-refractivity contribution in [3.63, 3.8) is 0 Å². The molecule has 0 radical (unpaired) electrons. The van der Waals surface area contributed by atoms with E-state index < -0.39 is 48.1 Å². The smallest absolute Gasteiger partial charge is 0.274 e. The minimum absolute atomic E-state index is 0.0595. The van der Waals surface area contributed by atoms with Crippen molar-refractivity contribution in [2.75, 3.05) is 26.9 Å². The molecule has 12 nitrogen and oxygen atoms in total. The van der Waals surface area contributed by atoms with Gasteiger partial charge in [-0.3, -0.25) is 19.2 Å². The topological polar surface area (TPSA) is 172 Å². The Kier molecular flexibility index (Phi) is 9.08. The number of methoxy groups -OCH3 is 1. The standard InChI is InChI=1S/C21H32N4O8/c1-11(2)6-13(17(27)21(4)10-32-21)22-20(30)16(9-31-5)24-19(29)15(8-26)23-18(28)14-7-12(3)33-25-14/h7,11,13,15-16,26H,6,8-10H2,1-5H3,(H,22,30)(H,23,28)(H,24,29)/t13-,15-,16-,21+/m0/s1. The number of amides is 3. The highest BCUT2D eigenvalue weighted by atomic mass is 16.6. The minimum atomic E-state index is -1.35. The molecule has 0 spiro atoms. The van der Waals surface area contributed by atoms with Gasteiger partial charge in [0.05, 0.1) is 25.9 Å². The molecular formula is C21H32N4O8. The number of carbonyl (C=O) groups is 4. The Morgan fingerprint density at radius 1 is 1.15 bits per heavy atom. The Labute approximate surface area is 191 Å². The second kappa shape index (κ2) is 11.3. The fourth-order valence-corrected chi connectivity index (χ4v) is 3.12. The third-order valence-electron chi connectivity index (χ3n) is 5.07. The van der Waals surface area contributed by atoms with Crippen molar-refractivity contribution >= 4 is 23.5 Å². The zero-order chi connectivity index (χ0) is 24.8. The number of carbonyl (C=O) groups excluding carboxylic acids is 4. The molecule has 4 atom stereocenters. The summed E-state index contributed by atoms with van der Waals surface area (Å²) < 4.78 is 15.1. The maximum atomic E-state index is 12.9. The van der Waals surface area contributed by atoms with Crippen LogP contribution in [0.15, 0.2) is 10.6 Å². The maximum absolute atomic E-state index is 12.9. The molecule has 1 aliphatic rings. The normalized spacial score (nSPS) is 20.0. The Morgan fingerprint density at radius 2 is 1.76 bits per heavy atom. The molecule has 2 rings (SSSR count). The van der Waals surface area contributed by atoms with E-state index in [4.69, 9.17) is 14.0 Å². The molecule has 12 heteroatoms. The Morgan fingerprint density at radius 3 is 2.24 bits per heavy atom. The lowest BCUT2D eigenvalue weighted by Gasteiger charge is -2.25. The molecule has 1 saturated heterocycles. The number of Topliss-reactive ketones (excluding diaryl/α,β-unsaturated/α-hetero) is 1. The van der Waals surface area contributed by atoms with E-state index in [0.29, 0.717) is 12.2 Å². The molecular weight excluding hydrogens is 436 g/mol. The van der Waals surface area contributed by atoms with Gasteiger partial charge in [-0.2, -0.15) is 0 Å². The lowest BCUT2D eigenvalue weighted by molar-refractivity contribution is -0.134. The molecule has 1 fully saturated rings. The number of rotatable bonds is 13. The summed E-state index contributed by atoms with van der Waals surface area (Å²) in [6.45, 7) is 6.47. The van der Waals surface area contributed by atoms with Gasteiger partial charge in [0.2, 0.25) is 11.8 Å². The van der Waals surface area contributed by atoms with Crippen LogP contribution >= 0.6 is 0 Å². The van der Waals surface area contributed by atoms with E-state index >= 15 is 0 Å². The number of epoxide rings is 1. The van der Waals surface area contributed by atoms with Gasteiger partial charge in [-0.05, 0) is 26.2 Å². The van der Waals surface area contributed by atoms with E-state index in [1.807, 2.05) is 13.8 Å². The minimum Gasteiger partial charge on any atom is -0.394 e. The monoisotopic (exact) mass is 468 g/mol. The number of aliphatic hydroxyl groups is 1. The molecule has 2 heterocycles. The van der Waals surface area contributed by atoms with Gasteiger partial charge in [-0.15, -0.1) is 0 Å². The number of nitrogens with one attached hydrogen (secondary N) is 3. The van der Waals surface area contributed by atoms with Crippen molar-refractivity contribution in [2.24, 2.45) is 5.92 Å². The molecule has 33 heavy (non-hydrogen) atoms. The molecule has 0 saturated carbocycles. The number of aliphatic hydroxyl groups excluding tert-OH is 1. The van der Waals surface area contributed by atoms with E-state index in [2.05, 4.69) is 21.1 Å². The first-order valence-electron chi connectivity index (χ1n) is 10.6. The van der Waals surface area contributed by atoms with Crippen molar-refractivity contribution in [3.8, 4) is 0 Å². The first-order valence-corrected chi connectivity index (χ1v) is 10.6. The van der Waals surface area contributed by atoms with Gasteiger partial charge in [0.1, 0.15) is 23.4 Å². The van der Waals surface area contributed by atoms with Crippen LogP contribution in [0, 0.1) is 12.8 Å². The van der Waals surface area contributed by atoms with Gasteiger partial charge in [0.25, 0.3) is 5.91 Å². The van der Waals surface area contributed by atoms with Crippen LogP contribution in [0.2, 0.25) is 0 Å². The zero-order valence-corrected chi connectivity index (χ0v) is 19.5. The quantitative estimate of drug-likeness (QED) is 0.267. The fourth-order valence-electron chi connectivity index (χ4n) is 3.12. The van der Waals surface area contributed by atoms with Gasteiger partial charge < -0.3 is 35.1 Å². The van der Waals surface area contributed by atoms with E-state index in [1.165, 1.54) is 13.2 Å². The van der Waals surface area contributed by atoms with Gasteiger partial charge in [-0.1, -0.05) is 19.0 Å². The van der Waals surface area contributed by atoms with E-state index in [1.54, 1.807) is 13.8 Å². The number of ketones is 1. The fraction of sp³-hybridized carbons (Fsp3) is 0.667. The first kappa shape index (κ1) is 26.4. The highest BCUT2D eigenvalue weighted by molar-refractivity contribution is 5.99. The van der Waals surface area contributed by atoms with E-state index in [-0.39, 0.29) is 30.6 Å². The predicted octanol–water partition coefficient (Wildman–Crippen LogP) is -0.906. The highest BCUT2D eigenvalue weighted by Crippen LogP contribution is 2.29. The second-order valence-corrected chi connectivity index (χ2v) is 8.62. The molecule has 3 amide bonds. The van der Waals surface area contributed by atoms with Gasteiger partial charge >= 0.3 is 0 Å². The van der Waals surface area contributed by atoms with Crippen molar-refractivity contribution in [3.05, 3.63) is 17.5 Å². The van der Waals surface area contributed by atoms with E-state index in [0.717, 1.165) is 0 Å². The molecule has 0 aliphatic carbocycles. The molecule has 1 aromatic heterocycles. The summed E-state index contributed by atoms with van der Waals surface area (Å²) in [6.07, 6.45) is 0.392. The molecule has 0 unspecified atom stereocenters. The van der Waals surface area contributed by atoms with Crippen molar-refractivity contribution < 1.29 is 38.3 Å². The van der Waals surface area contributed by atoms with Crippen LogP contribution < -0.4 is 16.0 Å². The summed E-state index contributed by atoms with van der Waals surface area (Å²) in [5.74, 6) is -1.90. The summed E-state index contributed by atoms with van der Waals surface area (Å²) in [4.78, 5) is 50.5. The maximum Gasteiger partial charge on any atom is 0.274 e. The molecule has 4 N–H and O–H groups in total. The molecule has 0 bridgehead atoms. The summed E-state index contributed by atoms with van der Waals surface area (Å²) in [6, 6.07) is -1.95. The summed E-state index contributed by atoms with van der Waals surface area (Å²) in [5.41, 5.74) is -0.978. The first-order chi connectivity index (χ1) is 15.5. The largest absolute Gasteiger partial charge is 0.394 e. The lowest BCUT2D eigenvalue weighted by atomic mass is 9.93. The third kappa shape index (κ3) is 7.34. The van der Waals surface area contributed by atoms with Gasteiger partial charge in [0, 0.05) is 13.2 Å². The average molecular weight is 469 g/mol. The van der Waals surface area contributed by atoms with Crippen LogP contribution in [0.5, 0.6) is 0 Å². The van der Waals surface area contributed by atoms with Gasteiger partial charge in [0.15, 0.2) is 11.5 Å². The summed E-state index contributed by atoms with van der Waals surface area (Å²) >= 11 is 0. The van der Waals surface area contributed by atoms with Crippen molar-refractivity contribution in [2.45, 2.75) is 57.8 Å². The van der Waals surface area contributed by atoms with Crippen LogP contribution in [0.3, 0.4) is 0 Å². The summed E-state index contributed by atoms with van der Waals surface area (Å²) in [7, 11) is 1.35. The van der Waals surface area contributed by atoms with Crippen LogP contribution in [0.4, 0.5) is 0 Å². The number of hydrogen-bond donors (Lipinski definition) is 4. The molecule has 0 aromatic carbocycles. The third-order valence-corrected chi connectivity index (χ3v) is 5.07. The number of ether oxygens (including phenoxy) is 2. The van der Waals surface area contributed by atoms with Crippen molar-refractivity contribution in [1.29, 1.82) is 0 Å². The van der Waals surface area contributed by atoms with Crippen molar-refractivity contribution in [1.82, 2.24) is 21.1 Å². The Balaban J connectivity index is 2.05. The average Bonchev–Trinajstić information content (AvgIpc) is 3.35. The number of nitrogens with zero attached hydrogens (tertiary/aromatic N) is 1. The SMILES string of the molecule is COC[C@H](NC(=O)[C@H](CO)NC(=O)c1cc(C)on1)C(=O)N[C@@H](CC(C)C)C(=O)[C@@]1(C)CO1. The molecule has 1 aliphatic heterocycles. The molecule has 1 aromatic rings. The van der Waals surface area contributed by atoms with Gasteiger partial charge in [-0.25, -0.2) is 0 Å². The molecule has 184 valence electrons. The Bertz CT molecular complexity index is 864. The van der Waals surface area contributed by atoms with Crippen LogP contribution in [-0.2, 0) is 23.9 Å². The summed E-state index contributed by atoms with van der Waals surface area (Å²) in [5, 5.41) is 20.6. The number of aryl methyl sites for hydroxylation is 1. The van der Waals surface area contributed by atoms with Crippen LogP contribution in [0.25, 0.3) is 0 Å². The van der Waals surface area contributed by atoms with Crippen LogP contribution in [-0.4, -0.2) is 84.4 Å². The predicted molar refractivity (Wildman–Crippen MR) is 114 cm³/mol. The Hall–Kier alpha value is -2.83. The second-order valence-electron chi connectivity index (χ2n) is 8.62. The van der Waals surface area contributed by atoms with Crippen LogP contribution in [0.1, 0.15) is 43.4 Å².